The molecule has 0 bridgehead atoms. The molecule has 0 aromatic carbocycles. The Labute approximate surface area is 66.4 Å². The van der Waals surface area contributed by atoms with Gasteiger partial charge in [0.2, 0.25) is 0 Å². The molecule has 1 aliphatic heterocycles. The standard InChI is InChI=1S/C7H14N2O2/c1-11-8-5-7-3-2-4-9(10)6-7/h5,7,10H,2-4,6H2,1H3. The van der Waals surface area contributed by atoms with E-state index in [1.54, 1.807) is 6.21 Å². The predicted octanol–water partition coefficient (Wildman–Crippen LogP) is 0.720. The first-order valence-electron chi connectivity index (χ1n) is 3.83. The van der Waals surface area contributed by atoms with Crippen molar-refractivity contribution in [3.8, 4) is 0 Å². The zero-order valence-electron chi connectivity index (χ0n) is 6.73. The van der Waals surface area contributed by atoms with Crippen LogP contribution in [-0.2, 0) is 4.84 Å². The van der Waals surface area contributed by atoms with Crippen LogP contribution in [-0.4, -0.2) is 36.7 Å². The Bertz CT molecular complexity index is 138. The van der Waals surface area contributed by atoms with Crippen molar-refractivity contribution < 1.29 is 10.0 Å². The van der Waals surface area contributed by atoms with Gasteiger partial charge in [-0.05, 0) is 12.8 Å². The molecule has 0 saturated carbocycles. The van der Waals surface area contributed by atoms with E-state index >= 15 is 0 Å². The van der Waals surface area contributed by atoms with Gasteiger partial charge in [-0.1, -0.05) is 5.16 Å². The summed E-state index contributed by atoms with van der Waals surface area (Å²) in [6, 6.07) is 0. The minimum atomic E-state index is 0.341. The van der Waals surface area contributed by atoms with E-state index in [2.05, 4.69) is 9.99 Å². The van der Waals surface area contributed by atoms with Gasteiger partial charge >= 0.3 is 0 Å². The number of oxime groups is 1. The quantitative estimate of drug-likeness (QED) is 0.475. The lowest BCUT2D eigenvalue weighted by Crippen LogP contribution is -2.33. The average molecular weight is 158 g/mol. The summed E-state index contributed by atoms with van der Waals surface area (Å²) in [5.74, 6) is 0.341. The van der Waals surface area contributed by atoms with Crippen molar-refractivity contribution in [2.24, 2.45) is 11.1 Å². The van der Waals surface area contributed by atoms with Gasteiger partial charge in [0.05, 0.1) is 0 Å². The fraction of sp³-hybridized carbons (Fsp3) is 0.857. The minimum absolute atomic E-state index is 0.341. The normalized spacial score (nSPS) is 27.6. The molecule has 0 aromatic rings. The Balaban J connectivity index is 2.28. The van der Waals surface area contributed by atoms with Gasteiger partial charge < -0.3 is 10.0 Å². The molecule has 1 unspecified atom stereocenters. The maximum atomic E-state index is 9.11. The van der Waals surface area contributed by atoms with Gasteiger partial charge in [0, 0.05) is 25.2 Å². The van der Waals surface area contributed by atoms with Crippen molar-refractivity contribution in [3.63, 3.8) is 0 Å². The summed E-state index contributed by atoms with van der Waals surface area (Å²) >= 11 is 0. The summed E-state index contributed by atoms with van der Waals surface area (Å²) < 4.78 is 0. The van der Waals surface area contributed by atoms with Crippen LogP contribution in [0.3, 0.4) is 0 Å². The monoisotopic (exact) mass is 158 g/mol. The van der Waals surface area contributed by atoms with E-state index in [-0.39, 0.29) is 0 Å². The molecule has 0 radical (unpaired) electrons. The molecule has 1 fully saturated rings. The minimum Gasteiger partial charge on any atom is -0.399 e. The van der Waals surface area contributed by atoms with Crippen LogP contribution >= 0.6 is 0 Å². The average Bonchev–Trinajstić information content (AvgIpc) is 2.01. The fourth-order valence-corrected chi connectivity index (χ4v) is 1.26. The molecule has 1 rings (SSSR count). The van der Waals surface area contributed by atoms with Crippen LogP contribution in [0.25, 0.3) is 0 Å². The third-order valence-electron chi connectivity index (χ3n) is 1.81. The molecule has 1 saturated heterocycles. The van der Waals surface area contributed by atoms with Gasteiger partial charge in [0.15, 0.2) is 0 Å². The van der Waals surface area contributed by atoms with E-state index in [0.717, 1.165) is 19.4 Å². The molecule has 0 aliphatic carbocycles. The molecule has 1 aliphatic rings. The summed E-state index contributed by atoms with van der Waals surface area (Å²) in [5, 5.41) is 14.1. The van der Waals surface area contributed by atoms with Crippen LogP contribution in [0.4, 0.5) is 0 Å². The van der Waals surface area contributed by atoms with Crippen molar-refractivity contribution in [3.05, 3.63) is 0 Å². The van der Waals surface area contributed by atoms with Gasteiger partial charge in [-0.3, -0.25) is 0 Å². The van der Waals surface area contributed by atoms with E-state index < -0.39 is 0 Å². The predicted molar refractivity (Wildman–Crippen MR) is 41.6 cm³/mol. The summed E-state index contributed by atoms with van der Waals surface area (Å²) in [5.41, 5.74) is 0. The van der Waals surface area contributed by atoms with Gasteiger partial charge in [-0.2, -0.15) is 5.06 Å². The molecule has 11 heavy (non-hydrogen) atoms. The molecule has 64 valence electrons. The van der Waals surface area contributed by atoms with Crippen LogP contribution in [0.5, 0.6) is 0 Å². The highest BCUT2D eigenvalue weighted by atomic mass is 16.6. The van der Waals surface area contributed by atoms with Crippen molar-refractivity contribution in [1.82, 2.24) is 5.06 Å². The maximum absolute atomic E-state index is 9.11. The molecular weight excluding hydrogens is 144 g/mol. The Morgan fingerprint density at radius 2 is 2.55 bits per heavy atom. The Morgan fingerprint density at radius 3 is 3.18 bits per heavy atom. The van der Waals surface area contributed by atoms with E-state index in [1.807, 2.05) is 0 Å². The molecule has 1 heterocycles. The van der Waals surface area contributed by atoms with Crippen molar-refractivity contribution >= 4 is 6.21 Å². The first-order valence-corrected chi connectivity index (χ1v) is 3.83. The van der Waals surface area contributed by atoms with Crippen LogP contribution in [0.15, 0.2) is 5.16 Å². The first-order chi connectivity index (χ1) is 5.33. The van der Waals surface area contributed by atoms with Gasteiger partial charge in [-0.25, -0.2) is 0 Å². The number of hydroxylamine groups is 2. The molecule has 1 atom stereocenters. The number of rotatable bonds is 2. The highest BCUT2D eigenvalue weighted by Crippen LogP contribution is 2.12. The van der Waals surface area contributed by atoms with E-state index in [0.29, 0.717) is 12.5 Å². The van der Waals surface area contributed by atoms with Crippen LogP contribution in [0.1, 0.15) is 12.8 Å². The smallest absolute Gasteiger partial charge is 0.106 e. The third-order valence-corrected chi connectivity index (χ3v) is 1.81. The van der Waals surface area contributed by atoms with Crippen molar-refractivity contribution in [1.29, 1.82) is 0 Å². The zero-order chi connectivity index (χ0) is 8.10. The fourth-order valence-electron chi connectivity index (χ4n) is 1.26. The summed E-state index contributed by atoms with van der Waals surface area (Å²) in [7, 11) is 1.52. The number of nitrogens with zero attached hydrogens (tertiary/aromatic N) is 2. The van der Waals surface area contributed by atoms with Gasteiger partial charge in [0.1, 0.15) is 7.11 Å². The molecule has 0 aromatic heterocycles. The first kappa shape index (κ1) is 8.49. The Kier molecular flexibility index (Phi) is 3.32. The number of hydrogen-bond acceptors (Lipinski definition) is 4. The molecule has 0 spiro atoms. The molecule has 1 N–H and O–H groups in total. The second-order valence-electron chi connectivity index (χ2n) is 2.75. The maximum Gasteiger partial charge on any atom is 0.106 e. The summed E-state index contributed by atoms with van der Waals surface area (Å²) in [4.78, 5) is 4.55. The van der Waals surface area contributed by atoms with E-state index in [4.69, 9.17) is 5.21 Å². The summed E-state index contributed by atoms with van der Waals surface area (Å²) in [6.07, 6.45) is 3.86. The van der Waals surface area contributed by atoms with E-state index in [9.17, 15) is 0 Å². The Morgan fingerprint density at radius 1 is 1.73 bits per heavy atom. The molecule has 0 amide bonds. The Hall–Kier alpha value is -0.610. The summed E-state index contributed by atoms with van der Waals surface area (Å²) in [6.45, 7) is 1.45. The lowest BCUT2D eigenvalue weighted by molar-refractivity contribution is -0.110. The number of piperidine rings is 1. The van der Waals surface area contributed by atoms with Crippen LogP contribution in [0, 0.1) is 5.92 Å². The highest BCUT2D eigenvalue weighted by molar-refractivity contribution is 5.60. The lowest BCUT2D eigenvalue weighted by atomic mass is 10.0. The molecule has 4 nitrogen and oxygen atoms in total. The SMILES string of the molecule is CON=CC1CCCN(O)C1. The van der Waals surface area contributed by atoms with Crippen molar-refractivity contribution in [2.75, 3.05) is 20.2 Å². The highest BCUT2D eigenvalue weighted by Gasteiger charge is 2.16. The van der Waals surface area contributed by atoms with Gasteiger partial charge in [-0.15, -0.1) is 0 Å². The second-order valence-corrected chi connectivity index (χ2v) is 2.75. The molecule has 4 heteroatoms. The molecular formula is C7H14N2O2. The van der Waals surface area contributed by atoms with E-state index in [1.165, 1.54) is 12.2 Å². The van der Waals surface area contributed by atoms with Crippen LogP contribution in [0.2, 0.25) is 0 Å². The van der Waals surface area contributed by atoms with Gasteiger partial charge in [0.25, 0.3) is 0 Å². The largest absolute Gasteiger partial charge is 0.399 e. The zero-order valence-corrected chi connectivity index (χ0v) is 6.73. The third kappa shape index (κ3) is 2.86. The van der Waals surface area contributed by atoms with Crippen LogP contribution < -0.4 is 0 Å². The lowest BCUT2D eigenvalue weighted by Gasteiger charge is -2.24. The topological polar surface area (TPSA) is 45.1 Å². The second kappa shape index (κ2) is 4.31. The number of hydrogen-bond donors (Lipinski definition) is 1. The van der Waals surface area contributed by atoms with Crippen molar-refractivity contribution in [2.45, 2.75) is 12.8 Å².